The lowest BCUT2D eigenvalue weighted by atomic mass is 9.91. The Morgan fingerprint density at radius 2 is 2.00 bits per heavy atom. The quantitative estimate of drug-likeness (QED) is 0.461. The van der Waals surface area contributed by atoms with Gasteiger partial charge in [0.05, 0.1) is 17.1 Å². The van der Waals surface area contributed by atoms with E-state index in [-0.39, 0.29) is 18.0 Å². The number of imide groups is 1. The molecule has 2 saturated heterocycles. The molecule has 9 heteroatoms. The number of hydrogen-bond donors (Lipinski definition) is 4. The van der Waals surface area contributed by atoms with Crippen molar-refractivity contribution in [1.82, 2.24) is 30.8 Å². The van der Waals surface area contributed by atoms with Crippen molar-refractivity contribution in [2.24, 2.45) is 0 Å². The van der Waals surface area contributed by atoms with Gasteiger partial charge in [-0.3, -0.25) is 10.1 Å². The second-order valence-electron chi connectivity index (χ2n) is 8.88. The van der Waals surface area contributed by atoms with E-state index in [0.717, 1.165) is 40.8 Å². The molecule has 2 fully saturated rings. The van der Waals surface area contributed by atoms with Crippen LogP contribution in [-0.4, -0.2) is 39.4 Å². The second-order valence-corrected chi connectivity index (χ2v) is 8.88. The van der Waals surface area contributed by atoms with E-state index < -0.39 is 11.6 Å². The van der Waals surface area contributed by atoms with Crippen molar-refractivity contribution in [2.45, 2.75) is 44.8 Å². The maximum Gasteiger partial charge on any atom is 0.322 e. The molecule has 33 heavy (non-hydrogen) atoms. The van der Waals surface area contributed by atoms with Gasteiger partial charge in [0.15, 0.2) is 0 Å². The Bertz CT molecular complexity index is 1250. The van der Waals surface area contributed by atoms with Gasteiger partial charge in [-0.15, -0.1) is 0 Å². The average Bonchev–Trinajstić information content (AvgIpc) is 3.49. The fraction of sp³-hybridized carbons (Fsp3) is 0.333. The van der Waals surface area contributed by atoms with Gasteiger partial charge in [0.2, 0.25) is 0 Å². The number of urea groups is 2. The zero-order valence-corrected chi connectivity index (χ0v) is 18.6. The molecule has 4 N–H and O–H groups in total. The predicted molar refractivity (Wildman–Crippen MR) is 122 cm³/mol. The highest BCUT2D eigenvalue weighted by Crippen LogP contribution is 2.31. The molecular formula is C24H26N6O3. The standard InChI is InChI=1S/C24H26N6O3/c1-14-5-10-17-18(12-14)27-20(26-17)19-4-3-11-30(19)23(33)25-13-15-6-8-16(9-7-15)24(2)21(31)28-22(32)29-24/h5-10,12,19H,3-4,11,13H2,1-2H3,(H,25,33)(H,26,27)(H2,28,29,31,32). The van der Waals surface area contributed by atoms with E-state index in [4.69, 9.17) is 4.98 Å². The summed E-state index contributed by atoms with van der Waals surface area (Å²) >= 11 is 0. The molecule has 5 rings (SSSR count). The number of nitrogens with zero attached hydrogens (tertiary/aromatic N) is 2. The number of nitrogens with one attached hydrogen (secondary N) is 4. The molecule has 3 aromatic rings. The van der Waals surface area contributed by atoms with Gasteiger partial charge in [0.25, 0.3) is 5.91 Å². The number of carbonyl (C=O) groups excluding carboxylic acids is 3. The molecule has 2 aliphatic rings. The van der Waals surface area contributed by atoms with E-state index in [1.54, 1.807) is 19.1 Å². The molecule has 2 atom stereocenters. The van der Waals surface area contributed by atoms with Crippen LogP contribution in [0.25, 0.3) is 11.0 Å². The van der Waals surface area contributed by atoms with Crippen LogP contribution in [0.15, 0.2) is 42.5 Å². The highest BCUT2D eigenvalue weighted by atomic mass is 16.2. The SMILES string of the molecule is Cc1ccc2nc(C3CCCN3C(=O)NCc3ccc(C4(C)NC(=O)NC4=O)cc3)[nH]c2c1. The summed E-state index contributed by atoms with van der Waals surface area (Å²) in [4.78, 5) is 46.5. The lowest BCUT2D eigenvalue weighted by molar-refractivity contribution is -0.123. The van der Waals surface area contributed by atoms with Crippen LogP contribution >= 0.6 is 0 Å². The van der Waals surface area contributed by atoms with Gasteiger partial charge in [-0.1, -0.05) is 30.3 Å². The van der Waals surface area contributed by atoms with Crippen molar-refractivity contribution in [3.8, 4) is 0 Å². The van der Waals surface area contributed by atoms with Crippen LogP contribution in [0.1, 0.15) is 48.3 Å². The predicted octanol–water partition coefficient (Wildman–Crippen LogP) is 2.97. The van der Waals surface area contributed by atoms with E-state index in [1.807, 2.05) is 36.1 Å². The summed E-state index contributed by atoms with van der Waals surface area (Å²) in [5.74, 6) is 0.437. The topological polar surface area (TPSA) is 119 Å². The number of aromatic nitrogens is 2. The van der Waals surface area contributed by atoms with Crippen LogP contribution in [0.4, 0.5) is 9.59 Å². The second kappa shape index (κ2) is 7.91. The summed E-state index contributed by atoms with van der Waals surface area (Å²) in [7, 11) is 0. The summed E-state index contributed by atoms with van der Waals surface area (Å²) in [6, 6.07) is 12.7. The Morgan fingerprint density at radius 1 is 1.21 bits per heavy atom. The molecule has 0 radical (unpaired) electrons. The third-order valence-corrected chi connectivity index (χ3v) is 6.50. The Hall–Kier alpha value is -3.88. The Kier molecular flexibility index (Phi) is 5.03. The number of H-pyrrole nitrogens is 1. The Morgan fingerprint density at radius 3 is 2.73 bits per heavy atom. The summed E-state index contributed by atoms with van der Waals surface area (Å²) < 4.78 is 0. The number of fused-ring (bicyclic) bond motifs is 1. The molecular weight excluding hydrogens is 420 g/mol. The molecule has 2 unspecified atom stereocenters. The van der Waals surface area contributed by atoms with Crippen LogP contribution in [0.2, 0.25) is 0 Å². The Labute approximate surface area is 190 Å². The monoisotopic (exact) mass is 446 g/mol. The number of hydrogen-bond acceptors (Lipinski definition) is 4. The van der Waals surface area contributed by atoms with E-state index in [9.17, 15) is 14.4 Å². The van der Waals surface area contributed by atoms with Crippen LogP contribution < -0.4 is 16.0 Å². The van der Waals surface area contributed by atoms with Crippen LogP contribution in [0.5, 0.6) is 0 Å². The lowest BCUT2D eigenvalue weighted by Gasteiger charge is -2.24. The van der Waals surface area contributed by atoms with Gasteiger partial charge in [0, 0.05) is 13.1 Å². The van der Waals surface area contributed by atoms with Gasteiger partial charge >= 0.3 is 12.1 Å². The molecule has 2 aromatic carbocycles. The van der Waals surface area contributed by atoms with Crippen LogP contribution in [0.3, 0.4) is 0 Å². The van der Waals surface area contributed by atoms with Crippen molar-refractivity contribution >= 4 is 29.0 Å². The first-order valence-electron chi connectivity index (χ1n) is 11.1. The summed E-state index contributed by atoms with van der Waals surface area (Å²) in [5, 5.41) is 7.91. The summed E-state index contributed by atoms with van der Waals surface area (Å²) in [6.45, 7) is 4.74. The first kappa shape index (κ1) is 21.0. The molecule has 0 spiro atoms. The van der Waals surface area contributed by atoms with Gasteiger partial charge in [-0.05, 0) is 55.5 Å². The first-order chi connectivity index (χ1) is 15.8. The number of amides is 5. The number of aromatic amines is 1. The van der Waals surface area contributed by atoms with Gasteiger partial charge in [0.1, 0.15) is 11.4 Å². The fourth-order valence-corrected chi connectivity index (χ4v) is 4.58. The van der Waals surface area contributed by atoms with Crippen LogP contribution in [-0.2, 0) is 16.9 Å². The third kappa shape index (κ3) is 3.79. The molecule has 0 bridgehead atoms. The molecule has 0 aliphatic carbocycles. The van der Waals surface area contributed by atoms with Crippen molar-refractivity contribution in [2.75, 3.05) is 6.54 Å². The number of carbonyl (C=O) groups is 3. The molecule has 0 saturated carbocycles. The fourth-order valence-electron chi connectivity index (χ4n) is 4.58. The summed E-state index contributed by atoms with van der Waals surface area (Å²) in [5.41, 5.74) is 3.54. The molecule has 1 aromatic heterocycles. The third-order valence-electron chi connectivity index (χ3n) is 6.50. The zero-order chi connectivity index (χ0) is 23.2. The van der Waals surface area contributed by atoms with Crippen LogP contribution in [0, 0.1) is 6.92 Å². The van der Waals surface area contributed by atoms with Gasteiger partial charge in [-0.25, -0.2) is 14.6 Å². The van der Waals surface area contributed by atoms with E-state index in [2.05, 4.69) is 27.0 Å². The summed E-state index contributed by atoms with van der Waals surface area (Å²) in [6.07, 6.45) is 1.79. The number of imidazole rings is 1. The minimum atomic E-state index is -1.09. The molecule has 2 aliphatic heterocycles. The largest absolute Gasteiger partial charge is 0.340 e. The van der Waals surface area contributed by atoms with E-state index in [0.29, 0.717) is 18.7 Å². The lowest BCUT2D eigenvalue weighted by Crippen LogP contribution is -2.40. The highest BCUT2D eigenvalue weighted by molar-refractivity contribution is 6.07. The van der Waals surface area contributed by atoms with Crippen molar-refractivity contribution in [1.29, 1.82) is 0 Å². The van der Waals surface area contributed by atoms with E-state index >= 15 is 0 Å². The number of benzene rings is 2. The maximum atomic E-state index is 13.0. The number of likely N-dealkylation sites (tertiary alicyclic amines) is 1. The average molecular weight is 447 g/mol. The highest BCUT2D eigenvalue weighted by Gasteiger charge is 2.43. The number of aryl methyl sites for hydroxylation is 1. The van der Waals surface area contributed by atoms with Crippen molar-refractivity contribution in [3.05, 3.63) is 65.0 Å². The van der Waals surface area contributed by atoms with E-state index in [1.165, 1.54) is 0 Å². The van der Waals surface area contributed by atoms with Crippen molar-refractivity contribution < 1.29 is 14.4 Å². The first-order valence-corrected chi connectivity index (χ1v) is 11.1. The minimum Gasteiger partial charge on any atom is -0.340 e. The van der Waals surface area contributed by atoms with Gasteiger partial charge in [-0.2, -0.15) is 0 Å². The van der Waals surface area contributed by atoms with Gasteiger partial charge < -0.3 is 20.5 Å². The smallest absolute Gasteiger partial charge is 0.322 e. The molecule has 170 valence electrons. The zero-order valence-electron chi connectivity index (χ0n) is 18.6. The Balaban J connectivity index is 1.25. The maximum absolute atomic E-state index is 13.0. The van der Waals surface area contributed by atoms with Crippen molar-refractivity contribution in [3.63, 3.8) is 0 Å². The number of rotatable bonds is 4. The molecule has 9 nitrogen and oxygen atoms in total. The molecule has 5 amide bonds. The minimum absolute atomic E-state index is 0.0791. The normalized spacial score (nSPS) is 22.5. The molecule has 3 heterocycles.